The molecule has 2 heteroatoms. The van der Waals surface area contributed by atoms with Crippen LogP contribution in [0.4, 0.5) is 0 Å². The monoisotopic (exact) mass is 302 g/mol. The normalized spacial score (nSPS) is 24.4. The van der Waals surface area contributed by atoms with Gasteiger partial charge in [-0.1, -0.05) is 68.2 Å². The molecular formula is C20H30O2. The fraction of sp³-hybridized carbons (Fsp3) is 0.600. The van der Waals surface area contributed by atoms with E-state index in [1.807, 2.05) is 6.07 Å². The Hall–Kier alpha value is -1.12. The molecule has 1 fully saturated rings. The third-order valence-electron chi connectivity index (χ3n) is 4.51. The van der Waals surface area contributed by atoms with Crippen LogP contribution in [-0.4, -0.2) is 24.4 Å². The van der Waals surface area contributed by atoms with Crippen molar-refractivity contribution in [2.24, 2.45) is 5.92 Å². The van der Waals surface area contributed by atoms with Crippen molar-refractivity contribution in [1.29, 1.82) is 0 Å². The minimum absolute atomic E-state index is 0.185. The van der Waals surface area contributed by atoms with Gasteiger partial charge in [0.1, 0.15) is 0 Å². The van der Waals surface area contributed by atoms with Gasteiger partial charge >= 0.3 is 0 Å². The number of hydrogen-bond donors (Lipinski definition) is 1. The highest BCUT2D eigenvalue weighted by Gasteiger charge is 2.20. The molecule has 0 amide bonds. The fourth-order valence-electron chi connectivity index (χ4n) is 3.20. The third kappa shape index (κ3) is 6.33. The van der Waals surface area contributed by atoms with Crippen molar-refractivity contribution in [3.8, 4) is 0 Å². The Morgan fingerprint density at radius 2 is 1.82 bits per heavy atom. The Balaban J connectivity index is 2.02. The van der Waals surface area contributed by atoms with Gasteiger partial charge < -0.3 is 9.84 Å². The number of ether oxygens (including phenoxy) is 1. The number of hydrogen-bond acceptors (Lipinski definition) is 2. The molecule has 1 aromatic rings. The number of aliphatic hydroxyl groups excluding tert-OH is 1. The number of aliphatic hydroxyl groups is 1. The highest BCUT2D eigenvalue weighted by molar-refractivity contribution is 5.49. The van der Waals surface area contributed by atoms with E-state index in [-0.39, 0.29) is 12.7 Å². The van der Waals surface area contributed by atoms with E-state index >= 15 is 0 Å². The van der Waals surface area contributed by atoms with E-state index in [9.17, 15) is 0 Å². The average molecular weight is 302 g/mol. The second kappa shape index (κ2) is 10.6. The van der Waals surface area contributed by atoms with E-state index in [2.05, 4.69) is 36.4 Å². The molecule has 1 N–H and O–H groups in total. The summed E-state index contributed by atoms with van der Waals surface area (Å²) in [6.45, 7) is 1.14. The molecule has 2 atom stereocenters. The summed E-state index contributed by atoms with van der Waals surface area (Å²) >= 11 is 0. The Morgan fingerprint density at radius 1 is 1.05 bits per heavy atom. The lowest BCUT2D eigenvalue weighted by molar-refractivity contribution is 0.0313. The van der Waals surface area contributed by atoms with Crippen molar-refractivity contribution < 1.29 is 9.84 Å². The molecule has 2 nitrogen and oxygen atoms in total. The number of benzene rings is 1. The summed E-state index contributed by atoms with van der Waals surface area (Å²) < 4.78 is 6.18. The van der Waals surface area contributed by atoms with Gasteiger partial charge in [-0.2, -0.15) is 0 Å². The lowest BCUT2D eigenvalue weighted by Gasteiger charge is -2.26. The van der Waals surface area contributed by atoms with Crippen molar-refractivity contribution in [2.75, 3.05) is 13.2 Å². The SMILES string of the molecule is OCCCC1CCCCCCCOC1C=Cc1ccccc1. The van der Waals surface area contributed by atoms with Gasteiger partial charge in [0, 0.05) is 13.2 Å². The molecule has 122 valence electrons. The summed E-state index contributed by atoms with van der Waals surface area (Å²) in [6, 6.07) is 10.4. The summed E-state index contributed by atoms with van der Waals surface area (Å²) in [5.41, 5.74) is 1.23. The minimum atomic E-state index is 0.185. The van der Waals surface area contributed by atoms with Crippen LogP contribution < -0.4 is 0 Å². The fourth-order valence-corrected chi connectivity index (χ4v) is 3.20. The Bertz CT molecular complexity index is 413. The van der Waals surface area contributed by atoms with E-state index < -0.39 is 0 Å². The van der Waals surface area contributed by atoms with Gasteiger partial charge in [0.2, 0.25) is 0 Å². The lowest BCUT2D eigenvalue weighted by Crippen LogP contribution is -2.24. The standard InChI is InChI=1S/C20H30O2/c21-16-9-13-19-12-7-2-1-3-8-17-22-20(19)15-14-18-10-5-4-6-11-18/h4-6,10-11,14-15,19-21H,1-3,7-9,12-13,16-17H2. The summed E-state index contributed by atoms with van der Waals surface area (Å²) in [4.78, 5) is 0. The first-order valence-corrected chi connectivity index (χ1v) is 8.86. The maximum Gasteiger partial charge on any atom is 0.0787 e. The van der Waals surface area contributed by atoms with E-state index in [4.69, 9.17) is 9.84 Å². The van der Waals surface area contributed by atoms with Gasteiger partial charge in [0.05, 0.1) is 6.10 Å². The zero-order valence-corrected chi connectivity index (χ0v) is 13.6. The molecule has 1 aromatic carbocycles. The van der Waals surface area contributed by atoms with Crippen LogP contribution in [0.25, 0.3) is 6.08 Å². The Kier molecular flexibility index (Phi) is 8.29. The van der Waals surface area contributed by atoms with Gasteiger partial charge in [0.15, 0.2) is 0 Å². The molecule has 1 heterocycles. The molecule has 2 unspecified atom stereocenters. The molecule has 1 aliphatic rings. The molecule has 0 radical (unpaired) electrons. The van der Waals surface area contributed by atoms with Gasteiger partial charge in [0.25, 0.3) is 0 Å². The summed E-state index contributed by atoms with van der Waals surface area (Å²) in [7, 11) is 0. The zero-order valence-electron chi connectivity index (χ0n) is 13.6. The zero-order chi connectivity index (χ0) is 15.5. The summed E-state index contributed by atoms with van der Waals surface area (Å²) in [5, 5.41) is 9.16. The van der Waals surface area contributed by atoms with E-state index in [1.54, 1.807) is 0 Å². The summed E-state index contributed by atoms with van der Waals surface area (Å²) in [5.74, 6) is 0.533. The van der Waals surface area contributed by atoms with Crippen LogP contribution >= 0.6 is 0 Å². The molecule has 22 heavy (non-hydrogen) atoms. The van der Waals surface area contributed by atoms with Crippen LogP contribution in [0.5, 0.6) is 0 Å². The van der Waals surface area contributed by atoms with Crippen LogP contribution in [0, 0.1) is 5.92 Å². The smallest absolute Gasteiger partial charge is 0.0787 e. The second-order valence-electron chi connectivity index (χ2n) is 6.29. The van der Waals surface area contributed by atoms with Crippen molar-refractivity contribution in [3.05, 3.63) is 42.0 Å². The molecule has 0 saturated carbocycles. The topological polar surface area (TPSA) is 29.5 Å². The van der Waals surface area contributed by atoms with Gasteiger partial charge in [-0.25, -0.2) is 0 Å². The Labute approximate surface area is 135 Å². The van der Waals surface area contributed by atoms with E-state index in [1.165, 1.54) is 44.1 Å². The average Bonchev–Trinajstić information content (AvgIpc) is 2.57. The van der Waals surface area contributed by atoms with Crippen molar-refractivity contribution in [2.45, 2.75) is 57.5 Å². The van der Waals surface area contributed by atoms with E-state index in [0.29, 0.717) is 5.92 Å². The van der Waals surface area contributed by atoms with Gasteiger partial charge in [-0.3, -0.25) is 0 Å². The molecule has 0 aromatic heterocycles. The van der Waals surface area contributed by atoms with Crippen LogP contribution in [0.3, 0.4) is 0 Å². The molecule has 1 aliphatic heterocycles. The van der Waals surface area contributed by atoms with Crippen molar-refractivity contribution in [1.82, 2.24) is 0 Å². The Morgan fingerprint density at radius 3 is 2.64 bits per heavy atom. The molecule has 0 spiro atoms. The largest absolute Gasteiger partial charge is 0.396 e. The van der Waals surface area contributed by atoms with Crippen LogP contribution in [0.1, 0.15) is 56.9 Å². The molecule has 0 aliphatic carbocycles. The maximum absolute atomic E-state index is 9.16. The molecule has 0 bridgehead atoms. The van der Waals surface area contributed by atoms with Crippen LogP contribution in [0.2, 0.25) is 0 Å². The van der Waals surface area contributed by atoms with Crippen LogP contribution in [0.15, 0.2) is 36.4 Å². The van der Waals surface area contributed by atoms with E-state index in [0.717, 1.165) is 19.4 Å². The highest BCUT2D eigenvalue weighted by atomic mass is 16.5. The molecule has 1 saturated heterocycles. The van der Waals surface area contributed by atoms with Gasteiger partial charge in [-0.15, -0.1) is 0 Å². The molecular weight excluding hydrogens is 272 g/mol. The maximum atomic E-state index is 9.16. The first kappa shape index (κ1) is 17.2. The van der Waals surface area contributed by atoms with Crippen molar-refractivity contribution in [3.63, 3.8) is 0 Å². The van der Waals surface area contributed by atoms with Crippen LogP contribution in [-0.2, 0) is 4.74 Å². The first-order valence-electron chi connectivity index (χ1n) is 8.86. The minimum Gasteiger partial charge on any atom is -0.396 e. The third-order valence-corrected chi connectivity index (χ3v) is 4.51. The first-order chi connectivity index (χ1) is 10.9. The van der Waals surface area contributed by atoms with Gasteiger partial charge in [-0.05, 0) is 37.2 Å². The molecule has 2 rings (SSSR count). The highest BCUT2D eigenvalue weighted by Crippen LogP contribution is 2.25. The summed E-state index contributed by atoms with van der Waals surface area (Å²) in [6.07, 6.45) is 14.2. The number of rotatable bonds is 5. The lowest BCUT2D eigenvalue weighted by atomic mass is 9.89. The second-order valence-corrected chi connectivity index (χ2v) is 6.29. The predicted octanol–water partition coefficient (Wildman–Crippen LogP) is 4.83. The van der Waals surface area contributed by atoms with Crippen molar-refractivity contribution >= 4 is 6.08 Å². The predicted molar refractivity (Wildman–Crippen MR) is 92.7 cm³/mol. The quantitative estimate of drug-likeness (QED) is 0.844.